The van der Waals surface area contributed by atoms with E-state index < -0.39 is 0 Å². The molecular weight excluding hydrogens is 446 g/mol. The highest BCUT2D eigenvalue weighted by molar-refractivity contribution is 9.11. The first-order chi connectivity index (χ1) is 8.54. The van der Waals surface area contributed by atoms with Crippen molar-refractivity contribution >= 4 is 65.0 Å². The maximum absolute atomic E-state index is 12.0. The summed E-state index contributed by atoms with van der Waals surface area (Å²) in [5.41, 5.74) is 0.631. The molecule has 2 nitrogen and oxygen atoms in total. The van der Waals surface area contributed by atoms with E-state index in [-0.39, 0.29) is 5.91 Å². The lowest BCUT2D eigenvalue weighted by Gasteiger charge is -2.05. The van der Waals surface area contributed by atoms with Gasteiger partial charge in [0.25, 0.3) is 5.91 Å². The maximum Gasteiger partial charge on any atom is 0.251 e. The Kier molecular flexibility index (Phi) is 5.00. The van der Waals surface area contributed by atoms with Crippen molar-refractivity contribution in [2.45, 2.75) is 6.54 Å². The molecule has 0 atom stereocenters. The Morgan fingerprint density at radius 2 is 1.72 bits per heavy atom. The van der Waals surface area contributed by atoms with Crippen LogP contribution < -0.4 is 5.32 Å². The van der Waals surface area contributed by atoms with Crippen LogP contribution in [0.2, 0.25) is 0 Å². The number of nitrogens with one attached hydrogen (secondary N) is 1. The normalized spacial score (nSPS) is 10.4. The summed E-state index contributed by atoms with van der Waals surface area (Å²) in [6.07, 6.45) is 0. The number of benzene rings is 1. The van der Waals surface area contributed by atoms with Crippen molar-refractivity contribution in [3.63, 3.8) is 0 Å². The molecular formula is C12H8Br3NOS. The van der Waals surface area contributed by atoms with Gasteiger partial charge in [-0.1, -0.05) is 31.9 Å². The van der Waals surface area contributed by atoms with E-state index in [0.29, 0.717) is 12.1 Å². The molecule has 0 spiro atoms. The summed E-state index contributed by atoms with van der Waals surface area (Å²) >= 11 is 11.7. The Morgan fingerprint density at radius 3 is 2.28 bits per heavy atom. The highest BCUT2D eigenvalue weighted by atomic mass is 79.9. The van der Waals surface area contributed by atoms with Gasteiger partial charge in [0.2, 0.25) is 0 Å². The van der Waals surface area contributed by atoms with Gasteiger partial charge in [0, 0.05) is 29.2 Å². The monoisotopic (exact) mass is 451 g/mol. The minimum Gasteiger partial charge on any atom is -0.347 e. The Bertz CT molecular complexity index is 562. The van der Waals surface area contributed by atoms with Crippen LogP contribution in [0.4, 0.5) is 0 Å². The molecule has 0 aliphatic carbocycles. The van der Waals surface area contributed by atoms with E-state index in [9.17, 15) is 4.79 Å². The highest BCUT2D eigenvalue weighted by Crippen LogP contribution is 2.21. The summed E-state index contributed by atoms with van der Waals surface area (Å²) in [5.74, 6) is -0.0819. The number of halogens is 3. The van der Waals surface area contributed by atoms with Crippen LogP contribution in [-0.2, 0) is 6.54 Å². The fourth-order valence-electron chi connectivity index (χ4n) is 1.40. The van der Waals surface area contributed by atoms with Gasteiger partial charge in [0.1, 0.15) is 0 Å². The minimum absolute atomic E-state index is 0.0819. The second kappa shape index (κ2) is 6.32. The lowest BCUT2D eigenvalue weighted by molar-refractivity contribution is 0.0951. The molecule has 1 aromatic carbocycles. The Labute approximate surface area is 134 Å². The van der Waals surface area contributed by atoms with Crippen LogP contribution in [0.5, 0.6) is 0 Å². The van der Waals surface area contributed by atoms with Gasteiger partial charge in [0.05, 0.1) is 6.54 Å². The summed E-state index contributed by atoms with van der Waals surface area (Å²) in [5, 5.41) is 4.89. The van der Waals surface area contributed by atoms with Crippen molar-refractivity contribution in [2.24, 2.45) is 0 Å². The van der Waals surface area contributed by atoms with Crippen LogP contribution in [0.25, 0.3) is 0 Å². The lowest BCUT2D eigenvalue weighted by Crippen LogP contribution is -2.22. The first kappa shape index (κ1) is 14.2. The van der Waals surface area contributed by atoms with Crippen LogP contribution in [-0.4, -0.2) is 5.91 Å². The van der Waals surface area contributed by atoms with Crippen LogP contribution in [0.1, 0.15) is 15.2 Å². The zero-order chi connectivity index (χ0) is 13.1. The minimum atomic E-state index is -0.0819. The number of amides is 1. The molecule has 0 aliphatic heterocycles. The molecule has 18 heavy (non-hydrogen) atoms. The van der Waals surface area contributed by atoms with Gasteiger partial charge in [0.15, 0.2) is 0 Å². The predicted molar refractivity (Wildman–Crippen MR) is 85.0 cm³/mol. The quantitative estimate of drug-likeness (QED) is 0.698. The standard InChI is InChI=1S/C12H8Br3NOS/c13-8-1-7(2-9(14)3-8)12(17)16-5-11-4-10(15)6-18-11/h1-4,6H,5H2,(H,16,17). The van der Waals surface area contributed by atoms with Crippen LogP contribution in [0.3, 0.4) is 0 Å². The number of thiophene rings is 1. The maximum atomic E-state index is 12.0. The molecule has 2 rings (SSSR count). The van der Waals surface area contributed by atoms with Crippen molar-refractivity contribution in [1.29, 1.82) is 0 Å². The molecule has 0 fully saturated rings. The van der Waals surface area contributed by atoms with Crippen LogP contribution in [0, 0.1) is 0 Å². The van der Waals surface area contributed by atoms with E-state index in [4.69, 9.17) is 0 Å². The second-order valence-corrected chi connectivity index (χ2v) is 7.31. The molecule has 0 radical (unpaired) electrons. The highest BCUT2D eigenvalue weighted by Gasteiger charge is 2.08. The largest absolute Gasteiger partial charge is 0.347 e. The molecule has 1 N–H and O–H groups in total. The first-order valence-electron chi connectivity index (χ1n) is 5.02. The number of rotatable bonds is 3. The van der Waals surface area contributed by atoms with Gasteiger partial charge in [-0.3, -0.25) is 4.79 Å². The van der Waals surface area contributed by atoms with E-state index in [1.54, 1.807) is 23.5 Å². The van der Waals surface area contributed by atoms with Gasteiger partial charge in [-0.2, -0.15) is 0 Å². The molecule has 1 aromatic heterocycles. The zero-order valence-corrected chi connectivity index (χ0v) is 14.6. The third kappa shape index (κ3) is 3.91. The number of carbonyl (C=O) groups is 1. The van der Waals surface area contributed by atoms with Crippen LogP contribution >= 0.6 is 59.1 Å². The molecule has 94 valence electrons. The molecule has 2 aromatic rings. The van der Waals surface area contributed by atoms with E-state index >= 15 is 0 Å². The van der Waals surface area contributed by atoms with Gasteiger partial charge in [-0.25, -0.2) is 0 Å². The number of hydrogen-bond donors (Lipinski definition) is 1. The average molecular weight is 454 g/mol. The Morgan fingerprint density at radius 1 is 1.06 bits per heavy atom. The molecule has 1 heterocycles. The Hall–Kier alpha value is -0.170. The number of hydrogen-bond acceptors (Lipinski definition) is 2. The van der Waals surface area contributed by atoms with Gasteiger partial charge >= 0.3 is 0 Å². The molecule has 0 unspecified atom stereocenters. The SMILES string of the molecule is O=C(NCc1cc(Br)cs1)c1cc(Br)cc(Br)c1. The van der Waals surface area contributed by atoms with E-state index in [1.165, 1.54) is 0 Å². The summed E-state index contributed by atoms with van der Waals surface area (Å²) in [4.78, 5) is 13.1. The van der Waals surface area contributed by atoms with Crippen LogP contribution in [0.15, 0.2) is 43.1 Å². The van der Waals surface area contributed by atoms with Crippen molar-refractivity contribution < 1.29 is 4.79 Å². The molecule has 1 amide bonds. The van der Waals surface area contributed by atoms with E-state index in [2.05, 4.69) is 53.1 Å². The fourth-order valence-corrected chi connectivity index (χ4v) is 4.09. The zero-order valence-electron chi connectivity index (χ0n) is 9.04. The van der Waals surface area contributed by atoms with Crippen molar-refractivity contribution in [3.05, 3.63) is 53.5 Å². The van der Waals surface area contributed by atoms with E-state index in [0.717, 1.165) is 18.3 Å². The van der Waals surface area contributed by atoms with E-state index in [1.807, 2.05) is 17.5 Å². The van der Waals surface area contributed by atoms with Crippen molar-refractivity contribution in [2.75, 3.05) is 0 Å². The van der Waals surface area contributed by atoms with Crippen molar-refractivity contribution in [1.82, 2.24) is 5.32 Å². The average Bonchev–Trinajstić information content (AvgIpc) is 2.70. The number of carbonyl (C=O) groups excluding carboxylic acids is 1. The van der Waals surface area contributed by atoms with Gasteiger partial charge in [-0.05, 0) is 40.2 Å². The van der Waals surface area contributed by atoms with Crippen molar-refractivity contribution in [3.8, 4) is 0 Å². The summed E-state index contributed by atoms with van der Waals surface area (Å²) in [6, 6.07) is 7.49. The smallest absolute Gasteiger partial charge is 0.251 e. The fraction of sp³-hybridized carbons (Fsp3) is 0.0833. The predicted octanol–water partition coefficient (Wildman–Crippen LogP) is 4.97. The second-order valence-electron chi connectivity index (χ2n) is 3.57. The summed E-state index contributed by atoms with van der Waals surface area (Å²) in [6.45, 7) is 0.541. The molecule has 0 saturated carbocycles. The molecule has 0 saturated heterocycles. The summed E-state index contributed by atoms with van der Waals surface area (Å²) < 4.78 is 2.80. The molecule has 0 bridgehead atoms. The Balaban J connectivity index is 2.03. The molecule has 0 aliphatic rings. The third-order valence-corrected chi connectivity index (χ3v) is 4.78. The third-order valence-electron chi connectivity index (χ3n) is 2.17. The summed E-state index contributed by atoms with van der Waals surface area (Å²) in [7, 11) is 0. The lowest BCUT2D eigenvalue weighted by atomic mass is 10.2. The first-order valence-corrected chi connectivity index (χ1v) is 8.27. The molecule has 6 heteroatoms. The van der Waals surface area contributed by atoms with Gasteiger partial charge in [-0.15, -0.1) is 11.3 Å². The van der Waals surface area contributed by atoms with Gasteiger partial charge < -0.3 is 5.32 Å². The topological polar surface area (TPSA) is 29.1 Å².